The summed E-state index contributed by atoms with van der Waals surface area (Å²) >= 11 is 1.11. The maximum Gasteiger partial charge on any atom is 0.340 e. The average Bonchev–Trinajstić information content (AvgIpc) is 3.16. The Morgan fingerprint density at radius 2 is 1.93 bits per heavy atom. The number of thioether (sulfide) groups is 1. The van der Waals surface area contributed by atoms with Crippen LogP contribution < -0.4 is 5.32 Å². The molecular formula is C20H17FN2O4S. The summed E-state index contributed by atoms with van der Waals surface area (Å²) in [7, 11) is 0. The summed E-state index contributed by atoms with van der Waals surface area (Å²) in [5.41, 5.74) is 1.36. The van der Waals surface area contributed by atoms with Crippen molar-refractivity contribution < 1.29 is 23.1 Å². The number of rotatable bonds is 7. The Balaban J connectivity index is 1.60. The number of carbonyl (C=O) groups excluding carboxylic acids is 2. The van der Waals surface area contributed by atoms with Gasteiger partial charge in [-0.1, -0.05) is 23.9 Å². The third kappa shape index (κ3) is 4.98. The predicted molar refractivity (Wildman–Crippen MR) is 104 cm³/mol. The molecule has 0 saturated heterocycles. The molecule has 0 atom stereocenters. The number of anilines is 1. The normalized spacial score (nSPS) is 10.5. The number of esters is 1. The van der Waals surface area contributed by atoms with E-state index in [0.717, 1.165) is 11.8 Å². The minimum atomic E-state index is -0.498. The van der Waals surface area contributed by atoms with Crippen LogP contribution in [0.5, 0.6) is 0 Å². The molecule has 0 aliphatic carbocycles. The molecule has 1 aromatic heterocycles. The largest absolute Gasteiger partial charge is 0.462 e. The van der Waals surface area contributed by atoms with Gasteiger partial charge in [0.05, 0.1) is 29.8 Å². The summed E-state index contributed by atoms with van der Waals surface area (Å²) in [6.07, 6.45) is 1.52. The van der Waals surface area contributed by atoms with Crippen molar-refractivity contribution in [3.05, 3.63) is 66.1 Å². The molecule has 0 aliphatic rings. The zero-order valence-electron chi connectivity index (χ0n) is 15.0. The van der Waals surface area contributed by atoms with E-state index < -0.39 is 5.97 Å². The number of carbonyl (C=O) groups is 2. The lowest BCUT2D eigenvalue weighted by molar-refractivity contribution is -0.113. The summed E-state index contributed by atoms with van der Waals surface area (Å²) in [6.45, 7) is 1.96. The summed E-state index contributed by atoms with van der Waals surface area (Å²) in [6, 6.07) is 12.5. The van der Waals surface area contributed by atoms with Crippen LogP contribution in [0.4, 0.5) is 10.1 Å². The van der Waals surface area contributed by atoms with Crippen LogP contribution in [-0.2, 0) is 9.53 Å². The van der Waals surface area contributed by atoms with E-state index in [1.165, 1.54) is 18.3 Å². The Kier molecular flexibility index (Phi) is 6.44. The molecule has 1 heterocycles. The number of nitrogens with zero attached hydrogens (tertiary/aromatic N) is 1. The number of amides is 1. The number of aromatic nitrogens is 1. The van der Waals surface area contributed by atoms with Crippen LogP contribution in [0.25, 0.3) is 11.3 Å². The van der Waals surface area contributed by atoms with Crippen LogP contribution in [0.1, 0.15) is 17.3 Å². The second-order valence-corrected chi connectivity index (χ2v) is 6.53. The molecule has 8 heteroatoms. The van der Waals surface area contributed by atoms with Gasteiger partial charge in [-0.25, -0.2) is 14.2 Å². The molecule has 6 nitrogen and oxygen atoms in total. The summed E-state index contributed by atoms with van der Waals surface area (Å²) in [4.78, 5) is 28.3. The summed E-state index contributed by atoms with van der Waals surface area (Å²) in [5.74, 6) is -0.625. The number of nitrogens with one attached hydrogen (secondary N) is 1. The highest BCUT2D eigenvalue weighted by molar-refractivity contribution is 7.99. The zero-order valence-corrected chi connectivity index (χ0v) is 15.8. The first-order valence-electron chi connectivity index (χ1n) is 8.47. The maximum atomic E-state index is 13.0. The molecular weight excluding hydrogens is 383 g/mol. The lowest BCUT2D eigenvalue weighted by atomic mass is 10.2. The molecule has 144 valence electrons. The number of hydrogen-bond acceptors (Lipinski definition) is 6. The van der Waals surface area contributed by atoms with Gasteiger partial charge in [-0.15, -0.1) is 0 Å². The van der Waals surface area contributed by atoms with Gasteiger partial charge in [0.25, 0.3) is 5.22 Å². The Bertz CT molecular complexity index is 972. The van der Waals surface area contributed by atoms with E-state index in [-0.39, 0.29) is 29.6 Å². The van der Waals surface area contributed by atoms with Crippen LogP contribution in [0.15, 0.2) is 64.4 Å². The molecule has 0 unspecified atom stereocenters. The van der Waals surface area contributed by atoms with Gasteiger partial charge in [0.2, 0.25) is 5.91 Å². The highest BCUT2D eigenvalue weighted by Crippen LogP contribution is 2.26. The van der Waals surface area contributed by atoms with Crippen molar-refractivity contribution >= 4 is 29.3 Å². The lowest BCUT2D eigenvalue weighted by Gasteiger charge is -2.09. The van der Waals surface area contributed by atoms with Gasteiger partial charge in [0, 0.05) is 5.56 Å². The van der Waals surface area contributed by atoms with Crippen molar-refractivity contribution in [2.75, 3.05) is 17.7 Å². The van der Waals surface area contributed by atoms with Gasteiger partial charge in [-0.2, -0.15) is 0 Å². The van der Waals surface area contributed by atoms with E-state index in [9.17, 15) is 14.0 Å². The Morgan fingerprint density at radius 3 is 2.68 bits per heavy atom. The maximum absolute atomic E-state index is 13.0. The first-order chi connectivity index (χ1) is 13.6. The number of oxazole rings is 1. The van der Waals surface area contributed by atoms with Gasteiger partial charge in [-0.3, -0.25) is 4.79 Å². The predicted octanol–water partition coefficient (Wildman–Crippen LogP) is 4.39. The number of hydrogen-bond donors (Lipinski definition) is 1. The molecule has 3 aromatic rings. The van der Waals surface area contributed by atoms with Crippen LogP contribution in [-0.4, -0.2) is 29.2 Å². The summed E-state index contributed by atoms with van der Waals surface area (Å²) < 4.78 is 23.6. The van der Waals surface area contributed by atoms with Crippen LogP contribution in [0, 0.1) is 5.82 Å². The molecule has 1 amide bonds. The first-order valence-corrected chi connectivity index (χ1v) is 9.46. The minimum Gasteiger partial charge on any atom is -0.462 e. The van der Waals surface area contributed by atoms with E-state index in [0.29, 0.717) is 22.2 Å². The molecule has 0 fully saturated rings. The van der Waals surface area contributed by atoms with Crippen LogP contribution in [0.3, 0.4) is 0 Å². The van der Waals surface area contributed by atoms with Crippen LogP contribution in [0.2, 0.25) is 0 Å². The second kappa shape index (κ2) is 9.18. The number of para-hydroxylation sites is 1. The zero-order chi connectivity index (χ0) is 19.9. The fourth-order valence-electron chi connectivity index (χ4n) is 2.36. The number of benzene rings is 2. The van der Waals surface area contributed by atoms with E-state index in [1.807, 2.05) is 0 Å². The SMILES string of the molecule is CCOC(=O)c1ccccc1NC(=O)CSc1ncc(-c2ccc(F)cc2)o1. The van der Waals surface area contributed by atoms with Crippen molar-refractivity contribution in [1.29, 1.82) is 0 Å². The minimum absolute atomic E-state index is 0.0422. The molecule has 0 bridgehead atoms. The van der Waals surface area contributed by atoms with Crippen molar-refractivity contribution in [3.63, 3.8) is 0 Å². The molecule has 2 aromatic carbocycles. The molecule has 3 rings (SSSR count). The monoisotopic (exact) mass is 400 g/mol. The third-order valence-corrected chi connectivity index (χ3v) is 4.48. The van der Waals surface area contributed by atoms with Crippen molar-refractivity contribution in [3.8, 4) is 11.3 Å². The Labute approximate surface area is 165 Å². The Morgan fingerprint density at radius 1 is 1.18 bits per heavy atom. The fraction of sp³-hybridized carbons (Fsp3) is 0.150. The lowest BCUT2D eigenvalue weighted by Crippen LogP contribution is -2.17. The van der Waals surface area contributed by atoms with Gasteiger partial charge < -0.3 is 14.5 Å². The summed E-state index contributed by atoms with van der Waals surface area (Å²) in [5, 5.41) is 3.01. The second-order valence-electron chi connectivity index (χ2n) is 5.60. The van der Waals surface area contributed by atoms with E-state index >= 15 is 0 Å². The third-order valence-electron chi connectivity index (χ3n) is 3.64. The van der Waals surface area contributed by atoms with E-state index in [1.54, 1.807) is 43.3 Å². The smallest absolute Gasteiger partial charge is 0.340 e. The molecule has 0 saturated carbocycles. The van der Waals surface area contributed by atoms with Crippen molar-refractivity contribution in [2.24, 2.45) is 0 Å². The number of halogens is 1. The van der Waals surface area contributed by atoms with Gasteiger partial charge in [-0.05, 0) is 43.3 Å². The van der Waals surface area contributed by atoms with Crippen LogP contribution >= 0.6 is 11.8 Å². The highest BCUT2D eigenvalue weighted by Gasteiger charge is 2.15. The first kappa shape index (κ1) is 19.6. The molecule has 0 spiro atoms. The van der Waals surface area contributed by atoms with Crippen molar-refractivity contribution in [1.82, 2.24) is 4.98 Å². The molecule has 28 heavy (non-hydrogen) atoms. The highest BCUT2D eigenvalue weighted by atomic mass is 32.2. The van der Waals surface area contributed by atoms with Crippen molar-refractivity contribution in [2.45, 2.75) is 12.1 Å². The average molecular weight is 400 g/mol. The van der Waals surface area contributed by atoms with Gasteiger partial charge >= 0.3 is 5.97 Å². The Hall–Kier alpha value is -3.13. The standard InChI is InChI=1S/C20H17FN2O4S/c1-2-26-19(25)15-5-3-4-6-16(15)23-18(24)12-28-20-22-11-17(27-20)13-7-9-14(21)10-8-13/h3-11H,2,12H2,1H3,(H,23,24). The molecule has 0 aliphatic heterocycles. The fourth-order valence-corrected chi connectivity index (χ4v) is 2.97. The van der Waals surface area contributed by atoms with Gasteiger partial charge in [0.1, 0.15) is 5.82 Å². The molecule has 1 N–H and O–H groups in total. The van der Waals surface area contributed by atoms with Gasteiger partial charge in [0.15, 0.2) is 5.76 Å². The number of ether oxygens (including phenoxy) is 1. The quantitative estimate of drug-likeness (QED) is 0.468. The van der Waals surface area contributed by atoms with E-state index in [2.05, 4.69) is 10.3 Å². The molecule has 0 radical (unpaired) electrons. The topological polar surface area (TPSA) is 81.4 Å². The van der Waals surface area contributed by atoms with E-state index in [4.69, 9.17) is 9.15 Å².